The van der Waals surface area contributed by atoms with Crippen molar-refractivity contribution in [3.8, 4) is 22.5 Å². The van der Waals surface area contributed by atoms with Crippen LogP contribution >= 0.6 is 31.9 Å². The lowest BCUT2D eigenvalue weighted by Crippen LogP contribution is -2.27. The topological polar surface area (TPSA) is 9.86 Å². The van der Waals surface area contributed by atoms with Crippen LogP contribution in [0, 0.1) is 22.7 Å². The molecule has 2 nitrogen and oxygen atoms in total. The maximum absolute atomic E-state index is 3.93. The van der Waals surface area contributed by atoms with E-state index >= 15 is 0 Å². The highest BCUT2D eigenvalue weighted by Gasteiger charge is 2.34. The van der Waals surface area contributed by atoms with Crippen LogP contribution in [-0.4, -0.2) is 9.13 Å². The summed E-state index contributed by atoms with van der Waals surface area (Å²) < 4.78 is 7.40. The maximum atomic E-state index is 3.93. The van der Waals surface area contributed by atoms with Crippen molar-refractivity contribution in [2.45, 2.75) is 80.1 Å². The molecular formula is C44H46Br2N2. The van der Waals surface area contributed by atoms with Crippen LogP contribution in [-0.2, 0) is 25.7 Å². The summed E-state index contributed by atoms with van der Waals surface area (Å²) in [6.45, 7) is 14.4. The highest BCUT2D eigenvalue weighted by atomic mass is 79.9. The van der Waals surface area contributed by atoms with Crippen LogP contribution in [0.4, 0.5) is 0 Å². The van der Waals surface area contributed by atoms with Crippen molar-refractivity contribution < 1.29 is 0 Å². The van der Waals surface area contributed by atoms with Gasteiger partial charge in [-0.15, -0.1) is 0 Å². The molecule has 4 heteroatoms. The smallest absolute Gasteiger partial charge is 0.0676 e. The van der Waals surface area contributed by atoms with E-state index in [1.54, 1.807) is 0 Å². The molecule has 0 aliphatic heterocycles. The minimum Gasteiger partial charge on any atom is -0.312 e. The molecule has 246 valence electrons. The fourth-order valence-corrected chi connectivity index (χ4v) is 9.86. The highest BCUT2D eigenvalue weighted by Crippen LogP contribution is 2.45. The van der Waals surface area contributed by atoms with E-state index in [9.17, 15) is 0 Å². The summed E-state index contributed by atoms with van der Waals surface area (Å²) in [5.41, 5.74) is 14.3. The number of fused-ring (bicyclic) bond motifs is 6. The second-order valence-corrected chi connectivity index (χ2v) is 18.2. The number of hydrogen-bond acceptors (Lipinski definition) is 0. The summed E-state index contributed by atoms with van der Waals surface area (Å²) in [5, 5.41) is 2.79. The lowest BCUT2D eigenvalue weighted by Gasteiger charge is -2.34. The third-order valence-corrected chi connectivity index (χ3v) is 13.0. The van der Waals surface area contributed by atoms with Crippen molar-refractivity contribution in [1.29, 1.82) is 0 Å². The Bertz CT molecular complexity index is 2010. The number of benzene rings is 4. The number of para-hydroxylation sites is 2. The Morgan fingerprint density at radius 2 is 0.896 bits per heavy atom. The van der Waals surface area contributed by atoms with Gasteiger partial charge in [-0.3, -0.25) is 0 Å². The fourth-order valence-electron chi connectivity index (χ4n) is 8.78. The Balaban J connectivity index is 1.14. The van der Waals surface area contributed by atoms with Crippen molar-refractivity contribution in [3.05, 3.63) is 116 Å². The third-order valence-electron chi connectivity index (χ3n) is 11.7. The molecule has 0 amide bonds. The predicted molar refractivity (Wildman–Crippen MR) is 211 cm³/mol. The summed E-state index contributed by atoms with van der Waals surface area (Å²) in [6.07, 6.45) is 7.01. The molecule has 2 aromatic heterocycles. The predicted octanol–water partition coefficient (Wildman–Crippen LogP) is 13.1. The van der Waals surface area contributed by atoms with Gasteiger partial charge in [0.25, 0.3) is 0 Å². The zero-order chi connectivity index (χ0) is 33.5. The summed E-state index contributed by atoms with van der Waals surface area (Å²) in [4.78, 5) is 0. The third kappa shape index (κ3) is 5.33. The first-order valence-electron chi connectivity index (χ1n) is 17.7. The molecule has 6 aromatic rings. The van der Waals surface area contributed by atoms with Crippen LogP contribution in [0.15, 0.2) is 93.9 Å². The van der Waals surface area contributed by atoms with Gasteiger partial charge in [-0.25, -0.2) is 0 Å². The van der Waals surface area contributed by atoms with Crippen molar-refractivity contribution in [1.82, 2.24) is 9.13 Å². The first-order chi connectivity index (χ1) is 22.9. The number of halogens is 2. The molecule has 0 N–H and O–H groups in total. The van der Waals surface area contributed by atoms with Crippen molar-refractivity contribution in [2.75, 3.05) is 0 Å². The minimum atomic E-state index is 0.314. The van der Waals surface area contributed by atoms with E-state index in [1.807, 2.05) is 0 Å². The van der Waals surface area contributed by atoms with Gasteiger partial charge in [-0.2, -0.15) is 0 Å². The van der Waals surface area contributed by atoms with E-state index in [0.29, 0.717) is 22.7 Å². The van der Waals surface area contributed by atoms with Gasteiger partial charge in [0.15, 0.2) is 0 Å². The minimum absolute atomic E-state index is 0.314. The molecule has 2 heterocycles. The average molecular weight is 763 g/mol. The van der Waals surface area contributed by atoms with Crippen molar-refractivity contribution >= 4 is 53.7 Å². The highest BCUT2D eigenvalue weighted by molar-refractivity contribution is 9.11. The Labute approximate surface area is 302 Å². The Morgan fingerprint density at radius 3 is 1.25 bits per heavy atom. The van der Waals surface area contributed by atoms with Crippen LogP contribution in [0.3, 0.4) is 0 Å². The van der Waals surface area contributed by atoms with Gasteiger partial charge in [0.2, 0.25) is 0 Å². The summed E-state index contributed by atoms with van der Waals surface area (Å²) >= 11 is 7.86. The van der Waals surface area contributed by atoms with E-state index in [2.05, 4.69) is 167 Å². The van der Waals surface area contributed by atoms with Crippen LogP contribution < -0.4 is 0 Å². The second-order valence-electron chi connectivity index (χ2n) is 16.5. The standard InChI is InChI=1S/C44H46Br2N2/c1-43(2,3)29-17-23-39-35(25-29)33-9-7-11-37(45)41(33)47(39)31-19-13-27(14-20-31)28-15-21-32(22-16-28)48-40-24-18-30(44(4,5)6)26-36(40)34-10-8-12-38(46)42(34)48/h7-16,19-22,29-30H,17-18,23-26H2,1-6H3. The molecule has 2 aliphatic rings. The van der Waals surface area contributed by atoms with Crippen LogP contribution in [0.5, 0.6) is 0 Å². The molecule has 8 rings (SSSR count). The lowest BCUT2D eigenvalue weighted by molar-refractivity contribution is 0.215. The van der Waals surface area contributed by atoms with Gasteiger partial charge in [-0.05, 0) is 152 Å². The Kier molecular flexibility index (Phi) is 7.88. The zero-order valence-electron chi connectivity index (χ0n) is 29.1. The molecule has 4 aromatic carbocycles. The lowest BCUT2D eigenvalue weighted by atomic mass is 9.71. The maximum Gasteiger partial charge on any atom is 0.0676 e. The van der Waals surface area contributed by atoms with Gasteiger partial charge in [0, 0.05) is 42.5 Å². The normalized spacial score (nSPS) is 18.3. The molecule has 48 heavy (non-hydrogen) atoms. The molecule has 0 fully saturated rings. The molecule has 2 unspecified atom stereocenters. The quantitative estimate of drug-likeness (QED) is 0.170. The van der Waals surface area contributed by atoms with E-state index in [1.165, 1.54) is 88.6 Å². The molecule has 0 radical (unpaired) electrons. The fraction of sp³-hybridized carbons (Fsp3) is 0.364. The SMILES string of the molecule is CC(C)(C)C1CCc2c(c3cccc(Br)c3n2-c2ccc(-c3ccc(-n4c5c(c6cccc(Br)c64)CC(C(C)(C)C)CC5)cc3)cc2)C1. The first-order valence-corrected chi connectivity index (χ1v) is 19.3. The van der Waals surface area contributed by atoms with E-state index < -0.39 is 0 Å². The van der Waals surface area contributed by atoms with Crippen molar-refractivity contribution in [2.24, 2.45) is 22.7 Å². The van der Waals surface area contributed by atoms with Crippen LogP contribution in [0.25, 0.3) is 44.3 Å². The zero-order valence-corrected chi connectivity index (χ0v) is 32.3. The number of rotatable bonds is 3. The molecule has 2 atom stereocenters. The summed E-state index contributed by atoms with van der Waals surface area (Å²) in [6, 6.07) is 31.9. The van der Waals surface area contributed by atoms with Gasteiger partial charge in [0.1, 0.15) is 0 Å². The Morgan fingerprint density at radius 1 is 0.521 bits per heavy atom. The molecule has 2 aliphatic carbocycles. The van der Waals surface area contributed by atoms with Crippen molar-refractivity contribution in [3.63, 3.8) is 0 Å². The molecule has 0 spiro atoms. The molecular weight excluding hydrogens is 716 g/mol. The van der Waals surface area contributed by atoms with Gasteiger partial charge < -0.3 is 9.13 Å². The van der Waals surface area contributed by atoms with E-state index in [-0.39, 0.29) is 0 Å². The molecule has 0 saturated carbocycles. The number of nitrogens with zero attached hydrogens (tertiary/aromatic N) is 2. The van der Waals surface area contributed by atoms with Crippen LogP contribution in [0.2, 0.25) is 0 Å². The van der Waals surface area contributed by atoms with Gasteiger partial charge >= 0.3 is 0 Å². The molecule has 0 bridgehead atoms. The second kappa shape index (κ2) is 11.8. The van der Waals surface area contributed by atoms with Gasteiger partial charge in [-0.1, -0.05) is 90.1 Å². The number of hydrogen-bond donors (Lipinski definition) is 0. The summed E-state index contributed by atoms with van der Waals surface area (Å²) in [7, 11) is 0. The monoisotopic (exact) mass is 760 g/mol. The first kappa shape index (κ1) is 32.1. The van der Waals surface area contributed by atoms with E-state index in [0.717, 1.165) is 25.7 Å². The Hall–Kier alpha value is -3.08. The average Bonchev–Trinajstić information content (AvgIpc) is 3.58. The van der Waals surface area contributed by atoms with Gasteiger partial charge in [0.05, 0.1) is 11.0 Å². The van der Waals surface area contributed by atoms with E-state index in [4.69, 9.17) is 0 Å². The largest absolute Gasteiger partial charge is 0.312 e. The summed E-state index contributed by atoms with van der Waals surface area (Å²) in [5.74, 6) is 1.40. The number of aromatic nitrogens is 2. The van der Waals surface area contributed by atoms with Crippen LogP contribution in [0.1, 0.15) is 76.9 Å². The molecule has 0 saturated heterocycles.